The van der Waals surface area contributed by atoms with Crippen LogP contribution in [-0.2, 0) is 4.79 Å². The molecule has 1 saturated heterocycles. The number of hydrogen-bond acceptors (Lipinski definition) is 2. The molecule has 14 heavy (non-hydrogen) atoms. The first-order valence-electron chi connectivity index (χ1n) is 5.33. The molecular weight excluding hydrogens is 176 g/mol. The summed E-state index contributed by atoms with van der Waals surface area (Å²) in [6.45, 7) is 7.34. The van der Waals surface area contributed by atoms with Crippen molar-refractivity contribution in [3.05, 3.63) is 12.7 Å². The van der Waals surface area contributed by atoms with Crippen molar-refractivity contribution in [2.45, 2.75) is 32.2 Å². The van der Waals surface area contributed by atoms with E-state index in [4.69, 9.17) is 5.73 Å². The van der Waals surface area contributed by atoms with E-state index in [0.717, 1.165) is 25.9 Å². The van der Waals surface area contributed by atoms with Gasteiger partial charge in [-0.3, -0.25) is 4.79 Å². The van der Waals surface area contributed by atoms with E-state index in [1.165, 1.54) is 0 Å². The minimum atomic E-state index is 0.186. The van der Waals surface area contributed by atoms with Crippen LogP contribution >= 0.6 is 0 Å². The second-order valence-corrected chi connectivity index (χ2v) is 3.95. The quantitative estimate of drug-likeness (QED) is 0.688. The standard InChI is InChI=1S/C11H20N2O/c1-3-5-11(14)13-7-6-10(12)9(4-2)8-13/h3,9-10H,1,4-8,12H2,2H3. The maximum atomic E-state index is 11.6. The molecule has 0 aromatic rings. The molecule has 0 bridgehead atoms. The van der Waals surface area contributed by atoms with Crippen molar-refractivity contribution in [3.63, 3.8) is 0 Å². The zero-order valence-corrected chi connectivity index (χ0v) is 8.91. The second-order valence-electron chi connectivity index (χ2n) is 3.95. The lowest BCUT2D eigenvalue weighted by Crippen LogP contribution is -2.48. The van der Waals surface area contributed by atoms with Crippen molar-refractivity contribution in [1.29, 1.82) is 0 Å². The molecule has 3 nitrogen and oxygen atoms in total. The molecule has 0 spiro atoms. The molecule has 1 aliphatic rings. The Hall–Kier alpha value is -0.830. The Kier molecular flexibility index (Phi) is 4.14. The fourth-order valence-electron chi connectivity index (χ4n) is 1.96. The Balaban J connectivity index is 2.49. The van der Waals surface area contributed by atoms with Gasteiger partial charge < -0.3 is 10.6 Å². The molecule has 0 aromatic carbocycles. The number of nitrogens with two attached hydrogens (primary N) is 1. The van der Waals surface area contributed by atoms with Crippen LogP contribution in [0.1, 0.15) is 26.2 Å². The fraction of sp³-hybridized carbons (Fsp3) is 0.727. The third-order valence-corrected chi connectivity index (χ3v) is 2.99. The van der Waals surface area contributed by atoms with Crippen LogP contribution in [0.15, 0.2) is 12.7 Å². The third kappa shape index (κ3) is 2.58. The summed E-state index contributed by atoms with van der Waals surface area (Å²) in [7, 11) is 0. The topological polar surface area (TPSA) is 46.3 Å². The minimum Gasteiger partial charge on any atom is -0.342 e. The van der Waals surface area contributed by atoms with Crippen molar-refractivity contribution in [2.75, 3.05) is 13.1 Å². The molecule has 3 heteroatoms. The van der Waals surface area contributed by atoms with Gasteiger partial charge in [0.1, 0.15) is 0 Å². The van der Waals surface area contributed by atoms with Crippen LogP contribution in [0.5, 0.6) is 0 Å². The smallest absolute Gasteiger partial charge is 0.226 e. The lowest BCUT2D eigenvalue weighted by Gasteiger charge is -2.36. The van der Waals surface area contributed by atoms with E-state index in [1.807, 2.05) is 4.90 Å². The molecule has 2 unspecified atom stereocenters. The van der Waals surface area contributed by atoms with Gasteiger partial charge in [0.25, 0.3) is 0 Å². The number of carbonyl (C=O) groups is 1. The molecule has 2 N–H and O–H groups in total. The van der Waals surface area contributed by atoms with Crippen molar-refractivity contribution < 1.29 is 4.79 Å². The first-order chi connectivity index (χ1) is 6.69. The van der Waals surface area contributed by atoms with Crippen molar-refractivity contribution in [2.24, 2.45) is 11.7 Å². The average Bonchev–Trinajstić information content (AvgIpc) is 2.19. The third-order valence-electron chi connectivity index (χ3n) is 2.99. The summed E-state index contributed by atoms with van der Waals surface area (Å²) in [4.78, 5) is 13.5. The first-order valence-corrected chi connectivity index (χ1v) is 5.33. The predicted octanol–water partition coefficient (Wildman–Crippen LogP) is 1.15. The Bertz CT molecular complexity index is 215. The van der Waals surface area contributed by atoms with Gasteiger partial charge in [-0.1, -0.05) is 19.4 Å². The molecule has 80 valence electrons. The van der Waals surface area contributed by atoms with Crippen molar-refractivity contribution >= 4 is 5.91 Å². The van der Waals surface area contributed by atoms with Crippen LogP contribution < -0.4 is 5.73 Å². The highest BCUT2D eigenvalue weighted by atomic mass is 16.2. The summed E-state index contributed by atoms with van der Waals surface area (Å²) in [5.74, 6) is 0.655. The van der Waals surface area contributed by atoms with Crippen molar-refractivity contribution in [1.82, 2.24) is 4.90 Å². The lowest BCUT2D eigenvalue weighted by atomic mass is 9.90. The fourth-order valence-corrected chi connectivity index (χ4v) is 1.96. The predicted molar refractivity (Wildman–Crippen MR) is 57.8 cm³/mol. The molecule has 1 aliphatic heterocycles. The van der Waals surface area contributed by atoms with E-state index < -0.39 is 0 Å². The summed E-state index contributed by atoms with van der Waals surface area (Å²) >= 11 is 0. The summed E-state index contributed by atoms with van der Waals surface area (Å²) in [5.41, 5.74) is 5.97. The van der Waals surface area contributed by atoms with E-state index in [0.29, 0.717) is 12.3 Å². The molecule has 1 fully saturated rings. The van der Waals surface area contributed by atoms with Crippen LogP contribution in [0.2, 0.25) is 0 Å². The summed E-state index contributed by atoms with van der Waals surface area (Å²) < 4.78 is 0. The van der Waals surface area contributed by atoms with Gasteiger partial charge in [-0.15, -0.1) is 6.58 Å². The number of piperidine rings is 1. The van der Waals surface area contributed by atoms with Crippen molar-refractivity contribution in [3.8, 4) is 0 Å². The average molecular weight is 196 g/mol. The second kappa shape index (κ2) is 5.15. The van der Waals surface area contributed by atoms with Crippen LogP contribution in [0.3, 0.4) is 0 Å². The molecule has 1 heterocycles. The zero-order chi connectivity index (χ0) is 10.6. The van der Waals surface area contributed by atoms with Crippen LogP contribution in [0, 0.1) is 5.92 Å². The number of amides is 1. The number of carbonyl (C=O) groups excluding carboxylic acids is 1. The highest BCUT2D eigenvalue weighted by Gasteiger charge is 2.27. The van der Waals surface area contributed by atoms with Gasteiger partial charge >= 0.3 is 0 Å². The van der Waals surface area contributed by atoms with Gasteiger partial charge in [-0.05, 0) is 12.3 Å². The summed E-state index contributed by atoms with van der Waals surface area (Å²) in [6, 6.07) is 0.271. The first kappa shape index (κ1) is 11.2. The molecule has 0 aliphatic carbocycles. The maximum absolute atomic E-state index is 11.6. The maximum Gasteiger partial charge on any atom is 0.226 e. The highest BCUT2D eigenvalue weighted by molar-refractivity contribution is 5.77. The highest BCUT2D eigenvalue weighted by Crippen LogP contribution is 2.18. The molecule has 0 radical (unpaired) electrons. The molecule has 0 saturated carbocycles. The monoisotopic (exact) mass is 196 g/mol. The van der Waals surface area contributed by atoms with Gasteiger partial charge in [0.05, 0.1) is 0 Å². The number of likely N-dealkylation sites (tertiary alicyclic amines) is 1. The molecule has 1 rings (SSSR count). The van der Waals surface area contributed by atoms with Crippen LogP contribution in [0.25, 0.3) is 0 Å². The van der Waals surface area contributed by atoms with Gasteiger partial charge in [0.15, 0.2) is 0 Å². The van der Waals surface area contributed by atoms with E-state index in [1.54, 1.807) is 6.08 Å². The minimum absolute atomic E-state index is 0.186. The lowest BCUT2D eigenvalue weighted by molar-refractivity contribution is -0.132. The molecule has 1 amide bonds. The zero-order valence-electron chi connectivity index (χ0n) is 8.91. The van der Waals surface area contributed by atoms with E-state index in [-0.39, 0.29) is 11.9 Å². The molecule has 0 aromatic heterocycles. The van der Waals surface area contributed by atoms with Crippen LogP contribution in [-0.4, -0.2) is 29.9 Å². The normalized spacial score (nSPS) is 27.4. The Morgan fingerprint density at radius 2 is 2.43 bits per heavy atom. The van der Waals surface area contributed by atoms with Gasteiger partial charge in [0.2, 0.25) is 5.91 Å². The summed E-state index contributed by atoms with van der Waals surface area (Å²) in [5, 5.41) is 0. The Labute approximate surface area is 86.0 Å². The largest absolute Gasteiger partial charge is 0.342 e. The number of rotatable bonds is 3. The van der Waals surface area contributed by atoms with Gasteiger partial charge in [-0.2, -0.15) is 0 Å². The SMILES string of the molecule is C=CCC(=O)N1CCC(N)C(CC)C1. The molecule has 2 atom stereocenters. The molecular formula is C11H20N2O. The number of hydrogen-bond donors (Lipinski definition) is 1. The van der Waals surface area contributed by atoms with E-state index in [9.17, 15) is 4.79 Å². The Morgan fingerprint density at radius 1 is 1.71 bits per heavy atom. The number of nitrogens with zero attached hydrogens (tertiary/aromatic N) is 1. The van der Waals surface area contributed by atoms with Gasteiger partial charge in [0, 0.05) is 25.6 Å². The van der Waals surface area contributed by atoms with E-state index >= 15 is 0 Å². The van der Waals surface area contributed by atoms with E-state index in [2.05, 4.69) is 13.5 Å². The van der Waals surface area contributed by atoms with Crippen LogP contribution in [0.4, 0.5) is 0 Å². The summed E-state index contributed by atoms with van der Waals surface area (Å²) in [6.07, 6.45) is 4.10. The Morgan fingerprint density at radius 3 is 3.00 bits per heavy atom. The van der Waals surface area contributed by atoms with Gasteiger partial charge in [-0.25, -0.2) is 0 Å².